The van der Waals surface area contributed by atoms with E-state index in [4.69, 9.17) is 9.15 Å². The van der Waals surface area contributed by atoms with E-state index in [1.165, 1.54) is 7.11 Å². The van der Waals surface area contributed by atoms with Gasteiger partial charge in [0, 0.05) is 11.7 Å². The van der Waals surface area contributed by atoms with Crippen molar-refractivity contribution in [3.05, 3.63) is 54.0 Å². The lowest BCUT2D eigenvalue weighted by molar-refractivity contribution is -0.139. The third-order valence-corrected chi connectivity index (χ3v) is 4.37. The molecular formula is C19H22N2O4. The molecule has 25 heavy (non-hydrogen) atoms. The van der Waals surface area contributed by atoms with Crippen LogP contribution in [0.15, 0.2) is 47.1 Å². The Morgan fingerprint density at radius 2 is 2.04 bits per heavy atom. The zero-order valence-corrected chi connectivity index (χ0v) is 14.4. The van der Waals surface area contributed by atoms with Crippen molar-refractivity contribution in [3.8, 4) is 0 Å². The first-order valence-corrected chi connectivity index (χ1v) is 8.37. The van der Waals surface area contributed by atoms with Crippen molar-refractivity contribution in [3.63, 3.8) is 0 Å². The largest absolute Gasteiger partial charge is 0.469 e. The SMILES string of the molecule is COC(=O)Cc1ccccc1NC(=O)N(C1CC1)[C@H](C)c1ccco1. The number of esters is 1. The number of rotatable bonds is 6. The highest BCUT2D eigenvalue weighted by Crippen LogP contribution is 2.35. The second-order valence-electron chi connectivity index (χ2n) is 6.17. The summed E-state index contributed by atoms with van der Waals surface area (Å²) in [6, 6.07) is 10.8. The van der Waals surface area contributed by atoms with Crippen LogP contribution in [-0.2, 0) is 16.0 Å². The Balaban J connectivity index is 1.77. The van der Waals surface area contributed by atoms with Gasteiger partial charge in [0.05, 0.1) is 25.8 Å². The van der Waals surface area contributed by atoms with Crippen LogP contribution in [-0.4, -0.2) is 30.1 Å². The van der Waals surface area contributed by atoms with E-state index in [0.717, 1.165) is 24.2 Å². The number of methoxy groups -OCH3 is 1. The second-order valence-corrected chi connectivity index (χ2v) is 6.17. The van der Waals surface area contributed by atoms with Gasteiger partial charge < -0.3 is 19.4 Å². The zero-order valence-electron chi connectivity index (χ0n) is 14.4. The summed E-state index contributed by atoms with van der Waals surface area (Å²) in [5, 5.41) is 2.94. The number of hydrogen-bond acceptors (Lipinski definition) is 4. The molecule has 0 bridgehead atoms. The summed E-state index contributed by atoms with van der Waals surface area (Å²) < 4.78 is 10.2. The number of amides is 2. The summed E-state index contributed by atoms with van der Waals surface area (Å²) in [7, 11) is 1.35. The van der Waals surface area contributed by atoms with Gasteiger partial charge >= 0.3 is 12.0 Å². The number of anilines is 1. The minimum Gasteiger partial charge on any atom is -0.469 e. The molecule has 0 radical (unpaired) electrons. The predicted molar refractivity (Wildman–Crippen MR) is 93.2 cm³/mol. The molecule has 2 amide bonds. The minimum absolute atomic E-state index is 0.115. The van der Waals surface area contributed by atoms with Crippen molar-refractivity contribution in [2.75, 3.05) is 12.4 Å². The van der Waals surface area contributed by atoms with Crippen LogP contribution in [0.3, 0.4) is 0 Å². The predicted octanol–water partition coefficient (Wildman–Crippen LogP) is 3.75. The van der Waals surface area contributed by atoms with Crippen molar-refractivity contribution in [1.29, 1.82) is 0 Å². The smallest absolute Gasteiger partial charge is 0.322 e. The summed E-state index contributed by atoms with van der Waals surface area (Å²) in [5.74, 6) is 0.412. The fourth-order valence-electron chi connectivity index (χ4n) is 2.88. The number of benzene rings is 1. The molecule has 6 heteroatoms. The molecule has 2 aromatic rings. The molecule has 0 aliphatic heterocycles. The van der Waals surface area contributed by atoms with Crippen molar-refractivity contribution in [2.45, 2.75) is 38.3 Å². The topological polar surface area (TPSA) is 71.8 Å². The molecule has 1 heterocycles. The summed E-state index contributed by atoms with van der Waals surface area (Å²) in [5.41, 5.74) is 1.35. The highest BCUT2D eigenvalue weighted by atomic mass is 16.5. The normalized spacial score (nSPS) is 14.6. The standard InChI is InChI=1S/C19H22N2O4/c1-13(17-8-5-11-25-17)21(15-9-10-15)19(23)20-16-7-4-3-6-14(16)12-18(22)24-2/h3-8,11,13,15H,9-10,12H2,1-2H3,(H,20,23)/t13-/m1/s1. The van der Waals surface area contributed by atoms with Gasteiger partial charge in [-0.2, -0.15) is 0 Å². The van der Waals surface area contributed by atoms with E-state index in [9.17, 15) is 9.59 Å². The molecule has 1 aromatic carbocycles. The lowest BCUT2D eigenvalue weighted by atomic mass is 10.1. The zero-order chi connectivity index (χ0) is 17.8. The summed E-state index contributed by atoms with van der Waals surface area (Å²) >= 11 is 0. The number of hydrogen-bond donors (Lipinski definition) is 1. The first-order valence-electron chi connectivity index (χ1n) is 8.37. The number of nitrogens with one attached hydrogen (secondary N) is 1. The average molecular weight is 342 g/mol. The summed E-state index contributed by atoms with van der Waals surface area (Å²) in [6.07, 6.45) is 3.70. The third-order valence-electron chi connectivity index (χ3n) is 4.37. The average Bonchev–Trinajstić information content (AvgIpc) is 3.27. The minimum atomic E-state index is -0.343. The van der Waals surface area contributed by atoms with Gasteiger partial charge in [-0.25, -0.2) is 4.79 Å². The molecule has 1 aromatic heterocycles. The van der Waals surface area contributed by atoms with E-state index >= 15 is 0 Å². The molecule has 1 aliphatic rings. The monoisotopic (exact) mass is 342 g/mol. The van der Waals surface area contributed by atoms with Gasteiger partial charge in [-0.1, -0.05) is 18.2 Å². The number of nitrogens with zero attached hydrogens (tertiary/aromatic N) is 1. The van der Waals surface area contributed by atoms with Crippen molar-refractivity contribution >= 4 is 17.7 Å². The molecule has 1 fully saturated rings. The molecule has 3 rings (SSSR count). The molecule has 0 saturated heterocycles. The Labute approximate surface area is 146 Å². The fraction of sp³-hybridized carbons (Fsp3) is 0.368. The van der Waals surface area contributed by atoms with Crippen LogP contribution >= 0.6 is 0 Å². The number of urea groups is 1. The van der Waals surface area contributed by atoms with Crippen molar-refractivity contribution in [1.82, 2.24) is 4.90 Å². The quantitative estimate of drug-likeness (QED) is 0.812. The maximum atomic E-state index is 12.9. The Bertz CT molecular complexity index is 738. The van der Waals surface area contributed by atoms with Crippen molar-refractivity contribution in [2.24, 2.45) is 0 Å². The first-order chi connectivity index (χ1) is 12.1. The number of para-hydroxylation sites is 1. The van der Waals surface area contributed by atoms with E-state index in [1.807, 2.05) is 42.2 Å². The fourth-order valence-corrected chi connectivity index (χ4v) is 2.88. The van der Waals surface area contributed by atoms with Gasteiger partial charge in [0.15, 0.2) is 0 Å². The molecule has 0 unspecified atom stereocenters. The second kappa shape index (κ2) is 7.42. The molecular weight excluding hydrogens is 320 g/mol. The van der Waals surface area contributed by atoms with Gasteiger partial charge in [0.2, 0.25) is 0 Å². The molecule has 1 atom stereocenters. The van der Waals surface area contributed by atoms with E-state index in [1.54, 1.807) is 12.3 Å². The summed E-state index contributed by atoms with van der Waals surface area (Å²) in [4.78, 5) is 26.3. The maximum absolute atomic E-state index is 12.9. The van der Waals surface area contributed by atoms with Crippen LogP contribution in [0.1, 0.15) is 37.1 Å². The van der Waals surface area contributed by atoms with Gasteiger partial charge in [-0.05, 0) is 43.5 Å². The summed E-state index contributed by atoms with van der Waals surface area (Å²) in [6.45, 7) is 1.96. The Morgan fingerprint density at radius 3 is 2.68 bits per heavy atom. The van der Waals surface area contributed by atoms with Crippen LogP contribution in [0.5, 0.6) is 0 Å². The van der Waals surface area contributed by atoms with Crippen LogP contribution in [0.25, 0.3) is 0 Å². The molecule has 1 saturated carbocycles. The Kier molecular flexibility index (Phi) is 5.07. The number of ether oxygens (including phenoxy) is 1. The van der Waals surface area contributed by atoms with Crippen LogP contribution < -0.4 is 5.32 Å². The van der Waals surface area contributed by atoms with Gasteiger partial charge in [0.25, 0.3) is 0 Å². The number of furan rings is 1. The Hall–Kier alpha value is -2.76. The number of carbonyl (C=O) groups excluding carboxylic acids is 2. The Morgan fingerprint density at radius 1 is 1.28 bits per heavy atom. The lowest BCUT2D eigenvalue weighted by Gasteiger charge is -2.28. The first kappa shape index (κ1) is 17.1. The van der Waals surface area contributed by atoms with Gasteiger partial charge in [-0.15, -0.1) is 0 Å². The number of carbonyl (C=O) groups is 2. The van der Waals surface area contributed by atoms with Crippen LogP contribution in [0, 0.1) is 0 Å². The van der Waals surface area contributed by atoms with E-state index in [0.29, 0.717) is 5.69 Å². The molecule has 6 nitrogen and oxygen atoms in total. The van der Waals surface area contributed by atoms with E-state index < -0.39 is 0 Å². The van der Waals surface area contributed by atoms with Gasteiger partial charge in [-0.3, -0.25) is 4.79 Å². The highest BCUT2D eigenvalue weighted by molar-refractivity contribution is 5.91. The molecule has 1 N–H and O–H groups in total. The molecule has 1 aliphatic carbocycles. The van der Waals surface area contributed by atoms with Crippen molar-refractivity contribution < 1.29 is 18.7 Å². The molecule has 132 valence electrons. The van der Waals surface area contributed by atoms with Crippen LogP contribution in [0.4, 0.5) is 10.5 Å². The van der Waals surface area contributed by atoms with E-state index in [-0.39, 0.29) is 30.5 Å². The van der Waals surface area contributed by atoms with E-state index in [2.05, 4.69) is 5.32 Å². The third kappa shape index (κ3) is 4.02. The lowest BCUT2D eigenvalue weighted by Crippen LogP contribution is -2.38. The van der Waals surface area contributed by atoms with Crippen LogP contribution in [0.2, 0.25) is 0 Å². The maximum Gasteiger partial charge on any atom is 0.322 e. The molecule has 0 spiro atoms. The van der Waals surface area contributed by atoms with Gasteiger partial charge in [0.1, 0.15) is 5.76 Å². The highest BCUT2D eigenvalue weighted by Gasteiger charge is 2.37.